The van der Waals surface area contributed by atoms with Crippen molar-refractivity contribution < 1.29 is 27.9 Å². The third-order valence-corrected chi connectivity index (χ3v) is 8.27. The number of nitrogens with one attached hydrogen (secondary N) is 2. The standard InChI is InChI=1S/C27H26Cl2N2O6S/c1-37-21-5-2-4-18(12-21)16-7-9-17(10-8-16)25(24(27(33)34)26(32)23-6-3-11-30-23)31-38(35,36)22-14-19(28)13-20(29)15-22/h2,4-5,7-10,12-15,23-25,30-31H,3,6,11H2,1H3,(H,33,34)/t23?,24-,25-/m0/s1. The van der Waals surface area contributed by atoms with E-state index in [9.17, 15) is 23.1 Å². The van der Waals surface area contributed by atoms with E-state index in [-0.39, 0.29) is 14.9 Å². The second kappa shape index (κ2) is 11.8. The number of carboxylic acids is 1. The Balaban J connectivity index is 1.76. The lowest BCUT2D eigenvalue weighted by Gasteiger charge is -2.27. The number of ether oxygens (including phenoxy) is 1. The highest BCUT2D eigenvalue weighted by atomic mass is 35.5. The maximum atomic E-state index is 13.4. The molecule has 3 aromatic rings. The van der Waals surface area contributed by atoms with Crippen LogP contribution < -0.4 is 14.8 Å². The molecule has 1 unspecified atom stereocenters. The average molecular weight is 577 g/mol. The largest absolute Gasteiger partial charge is 0.497 e. The molecule has 1 heterocycles. The van der Waals surface area contributed by atoms with Crippen LogP contribution in [0.3, 0.4) is 0 Å². The first-order valence-electron chi connectivity index (χ1n) is 11.8. The van der Waals surface area contributed by atoms with Gasteiger partial charge in [-0.15, -0.1) is 0 Å². The fourth-order valence-corrected chi connectivity index (χ4v) is 6.47. The summed E-state index contributed by atoms with van der Waals surface area (Å²) in [5.41, 5.74) is 1.96. The van der Waals surface area contributed by atoms with Gasteiger partial charge in [0.15, 0.2) is 5.78 Å². The number of rotatable bonds is 10. The van der Waals surface area contributed by atoms with Crippen molar-refractivity contribution in [1.82, 2.24) is 10.0 Å². The number of halogens is 2. The number of carbonyl (C=O) groups is 2. The molecule has 0 radical (unpaired) electrons. The molecule has 0 bridgehead atoms. The zero-order valence-electron chi connectivity index (χ0n) is 20.4. The molecule has 3 N–H and O–H groups in total. The topological polar surface area (TPSA) is 122 Å². The van der Waals surface area contributed by atoms with Crippen LogP contribution in [-0.2, 0) is 19.6 Å². The van der Waals surface area contributed by atoms with Gasteiger partial charge in [0.25, 0.3) is 0 Å². The highest BCUT2D eigenvalue weighted by Crippen LogP contribution is 2.32. The van der Waals surface area contributed by atoms with Gasteiger partial charge in [0, 0.05) is 10.0 Å². The third kappa shape index (κ3) is 6.36. The normalized spacial score (nSPS) is 17.1. The third-order valence-electron chi connectivity index (χ3n) is 6.41. The molecule has 0 aliphatic carbocycles. The minimum absolute atomic E-state index is 0.0954. The molecule has 1 aliphatic rings. The molecule has 0 aromatic heterocycles. The number of carboxylic acid groups (broad SMARTS) is 1. The van der Waals surface area contributed by atoms with Crippen molar-refractivity contribution in [3.8, 4) is 16.9 Å². The molecule has 1 saturated heterocycles. The van der Waals surface area contributed by atoms with Gasteiger partial charge in [0.05, 0.1) is 24.1 Å². The Morgan fingerprint density at radius 2 is 1.71 bits per heavy atom. The van der Waals surface area contributed by atoms with E-state index in [0.717, 1.165) is 17.5 Å². The number of hydrogen-bond acceptors (Lipinski definition) is 6. The predicted molar refractivity (Wildman–Crippen MR) is 145 cm³/mol. The van der Waals surface area contributed by atoms with Gasteiger partial charge in [-0.1, -0.05) is 59.6 Å². The SMILES string of the molecule is COc1cccc(-c2ccc([C@H](NS(=O)(=O)c3cc(Cl)cc(Cl)c3)[C@H](C(=O)O)C(=O)C3CCCN3)cc2)c1. The van der Waals surface area contributed by atoms with E-state index < -0.39 is 39.8 Å². The monoisotopic (exact) mass is 576 g/mol. The minimum Gasteiger partial charge on any atom is -0.497 e. The number of hydrogen-bond donors (Lipinski definition) is 3. The maximum absolute atomic E-state index is 13.4. The molecule has 38 heavy (non-hydrogen) atoms. The number of Topliss-reactive ketones (excluding diaryl/α,β-unsaturated/α-hetero) is 1. The fraction of sp³-hybridized carbons (Fsp3) is 0.259. The van der Waals surface area contributed by atoms with Crippen LogP contribution >= 0.6 is 23.2 Å². The van der Waals surface area contributed by atoms with Crippen molar-refractivity contribution in [3.63, 3.8) is 0 Å². The summed E-state index contributed by atoms with van der Waals surface area (Å²) < 4.78 is 34.5. The molecular formula is C27H26Cl2N2O6S. The molecule has 3 aromatic carbocycles. The molecule has 8 nitrogen and oxygen atoms in total. The molecular weight excluding hydrogens is 551 g/mol. The number of aliphatic carboxylic acids is 1. The Morgan fingerprint density at radius 3 is 2.29 bits per heavy atom. The van der Waals surface area contributed by atoms with E-state index >= 15 is 0 Å². The Labute approximate surface area is 231 Å². The van der Waals surface area contributed by atoms with E-state index in [1.54, 1.807) is 31.4 Å². The predicted octanol–water partition coefficient (Wildman–Crippen LogP) is 4.71. The minimum atomic E-state index is -4.33. The van der Waals surface area contributed by atoms with Gasteiger partial charge in [-0.2, -0.15) is 0 Å². The van der Waals surface area contributed by atoms with Crippen LogP contribution in [0.15, 0.2) is 71.6 Å². The Kier molecular flexibility index (Phi) is 8.74. The van der Waals surface area contributed by atoms with Crippen molar-refractivity contribution in [2.24, 2.45) is 5.92 Å². The molecule has 0 spiro atoms. The second-order valence-corrected chi connectivity index (χ2v) is 11.5. The Bertz CT molecular complexity index is 1420. The van der Waals surface area contributed by atoms with E-state index in [4.69, 9.17) is 27.9 Å². The smallest absolute Gasteiger partial charge is 0.316 e. The molecule has 11 heteroatoms. The summed E-state index contributed by atoms with van der Waals surface area (Å²) in [4.78, 5) is 25.6. The van der Waals surface area contributed by atoms with Crippen molar-refractivity contribution in [2.75, 3.05) is 13.7 Å². The van der Waals surface area contributed by atoms with Crippen LogP contribution in [0.25, 0.3) is 11.1 Å². The van der Waals surface area contributed by atoms with Gasteiger partial charge < -0.3 is 15.2 Å². The summed E-state index contributed by atoms with van der Waals surface area (Å²) >= 11 is 12.0. The lowest BCUT2D eigenvalue weighted by Crippen LogP contribution is -2.46. The lowest BCUT2D eigenvalue weighted by molar-refractivity contribution is -0.148. The van der Waals surface area contributed by atoms with Gasteiger partial charge in [-0.05, 0) is 66.4 Å². The quantitative estimate of drug-likeness (QED) is 0.299. The number of sulfonamides is 1. The number of methoxy groups -OCH3 is 1. The van der Waals surface area contributed by atoms with E-state index in [1.807, 2.05) is 24.3 Å². The molecule has 4 rings (SSSR count). The first-order valence-corrected chi connectivity index (χ1v) is 14.1. The van der Waals surface area contributed by atoms with Crippen LogP contribution in [0, 0.1) is 5.92 Å². The number of ketones is 1. The Morgan fingerprint density at radius 1 is 1.03 bits per heavy atom. The average Bonchev–Trinajstić information content (AvgIpc) is 3.43. The second-order valence-electron chi connectivity index (χ2n) is 8.93. The fourth-order valence-electron chi connectivity index (χ4n) is 4.51. The van der Waals surface area contributed by atoms with Crippen LogP contribution in [0.2, 0.25) is 10.0 Å². The zero-order valence-corrected chi connectivity index (χ0v) is 22.7. The highest BCUT2D eigenvalue weighted by molar-refractivity contribution is 7.89. The number of carbonyl (C=O) groups excluding carboxylic acids is 1. The van der Waals surface area contributed by atoms with Gasteiger partial charge in [-0.3, -0.25) is 9.59 Å². The summed E-state index contributed by atoms with van der Waals surface area (Å²) in [6.07, 6.45) is 1.19. The highest BCUT2D eigenvalue weighted by Gasteiger charge is 2.42. The molecule has 200 valence electrons. The first kappa shape index (κ1) is 28.1. The van der Waals surface area contributed by atoms with Crippen LogP contribution in [0.1, 0.15) is 24.4 Å². The zero-order chi connectivity index (χ0) is 27.4. The van der Waals surface area contributed by atoms with Gasteiger partial charge >= 0.3 is 5.97 Å². The van der Waals surface area contributed by atoms with E-state index in [0.29, 0.717) is 24.3 Å². The summed E-state index contributed by atoms with van der Waals surface area (Å²) in [6.45, 7) is 0.579. The Hall–Kier alpha value is -2.95. The van der Waals surface area contributed by atoms with Crippen LogP contribution in [0.4, 0.5) is 0 Å². The van der Waals surface area contributed by atoms with Crippen LogP contribution in [-0.4, -0.2) is 45.0 Å². The van der Waals surface area contributed by atoms with E-state index in [1.165, 1.54) is 18.2 Å². The van der Waals surface area contributed by atoms with Crippen LogP contribution in [0.5, 0.6) is 5.75 Å². The van der Waals surface area contributed by atoms with Gasteiger partial charge in [-0.25, -0.2) is 13.1 Å². The summed E-state index contributed by atoms with van der Waals surface area (Å²) in [5, 5.41) is 13.3. The van der Waals surface area contributed by atoms with E-state index in [2.05, 4.69) is 10.0 Å². The van der Waals surface area contributed by atoms with Crippen molar-refractivity contribution in [3.05, 3.63) is 82.3 Å². The van der Waals surface area contributed by atoms with Gasteiger partial charge in [0.2, 0.25) is 10.0 Å². The van der Waals surface area contributed by atoms with Crippen molar-refractivity contribution >= 4 is 45.0 Å². The molecule has 3 atom stereocenters. The van der Waals surface area contributed by atoms with Gasteiger partial charge in [0.1, 0.15) is 11.7 Å². The molecule has 0 amide bonds. The molecule has 0 saturated carbocycles. The summed E-state index contributed by atoms with van der Waals surface area (Å²) in [6, 6.07) is 15.8. The number of benzene rings is 3. The van der Waals surface area contributed by atoms with Crippen molar-refractivity contribution in [1.29, 1.82) is 0 Å². The van der Waals surface area contributed by atoms with Crippen molar-refractivity contribution in [2.45, 2.75) is 29.8 Å². The lowest BCUT2D eigenvalue weighted by atomic mass is 9.86. The summed E-state index contributed by atoms with van der Waals surface area (Å²) in [5.74, 6) is -3.04. The maximum Gasteiger partial charge on any atom is 0.316 e. The summed E-state index contributed by atoms with van der Waals surface area (Å²) in [7, 11) is -2.77. The molecule has 1 aliphatic heterocycles. The molecule has 1 fully saturated rings. The first-order chi connectivity index (χ1) is 18.1.